The number of hydrogen-bond acceptors (Lipinski definition) is 2. The lowest BCUT2D eigenvalue weighted by Gasteiger charge is -2.09. The van der Waals surface area contributed by atoms with Crippen molar-refractivity contribution >= 4 is 5.57 Å². The van der Waals surface area contributed by atoms with Crippen molar-refractivity contribution in [1.82, 2.24) is 0 Å². The smallest absolute Gasteiger partial charge is 0.119 e. The molecule has 2 rings (SSSR count). The number of nitrogens with zero attached hydrogens (tertiary/aromatic N) is 1. The molecule has 0 saturated carbocycles. The van der Waals surface area contributed by atoms with Crippen LogP contribution >= 0.6 is 0 Å². The molecule has 1 aromatic carbocycles. The summed E-state index contributed by atoms with van der Waals surface area (Å²) in [5.74, 6) is 0.865. The maximum absolute atomic E-state index is 8.80. The normalized spacial score (nSPS) is 17.4. The van der Waals surface area contributed by atoms with Crippen molar-refractivity contribution in [3.63, 3.8) is 0 Å². The summed E-state index contributed by atoms with van der Waals surface area (Å²) in [6.07, 6.45) is 6.12. The van der Waals surface area contributed by atoms with E-state index in [0.717, 1.165) is 30.6 Å². The standard InChI is InChI=1S/C14H15NO/c1-16-13-7-6-11-4-2-3-5-12(8-9-15)14(11)10-13/h6-8,10H,2-5H2,1H3. The monoisotopic (exact) mass is 213 g/mol. The molecular weight excluding hydrogens is 198 g/mol. The number of fused-ring (bicyclic) bond motifs is 1. The van der Waals surface area contributed by atoms with Crippen LogP contribution in [-0.2, 0) is 6.42 Å². The summed E-state index contributed by atoms with van der Waals surface area (Å²) in [5.41, 5.74) is 3.67. The van der Waals surface area contributed by atoms with Crippen molar-refractivity contribution in [1.29, 1.82) is 5.26 Å². The second-order valence-electron chi connectivity index (χ2n) is 4.03. The fourth-order valence-corrected chi connectivity index (χ4v) is 2.19. The summed E-state index contributed by atoms with van der Waals surface area (Å²) in [6.45, 7) is 0. The van der Waals surface area contributed by atoms with Crippen LogP contribution < -0.4 is 4.74 Å². The molecule has 1 aliphatic rings. The average Bonchev–Trinajstić information content (AvgIpc) is 2.52. The molecule has 0 fully saturated rings. The Morgan fingerprint density at radius 3 is 2.88 bits per heavy atom. The zero-order valence-corrected chi connectivity index (χ0v) is 9.49. The maximum Gasteiger partial charge on any atom is 0.119 e. The van der Waals surface area contributed by atoms with Crippen LogP contribution in [0.15, 0.2) is 24.3 Å². The molecule has 0 amide bonds. The lowest BCUT2D eigenvalue weighted by Crippen LogP contribution is -1.92. The van der Waals surface area contributed by atoms with E-state index in [0.29, 0.717) is 0 Å². The average molecular weight is 213 g/mol. The Bertz CT molecular complexity index is 454. The van der Waals surface area contributed by atoms with Crippen LogP contribution in [0.1, 0.15) is 30.4 Å². The molecule has 0 atom stereocenters. The van der Waals surface area contributed by atoms with E-state index in [1.165, 1.54) is 17.5 Å². The molecule has 16 heavy (non-hydrogen) atoms. The van der Waals surface area contributed by atoms with Gasteiger partial charge in [-0.05, 0) is 54.5 Å². The zero-order valence-electron chi connectivity index (χ0n) is 9.49. The zero-order chi connectivity index (χ0) is 11.4. The molecular formula is C14H15NO. The minimum atomic E-state index is 0.865. The lowest BCUT2D eigenvalue weighted by atomic mass is 9.98. The van der Waals surface area contributed by atoms with Crippen LogP contribution in [0.25, 0.3) is 5.57 Å². The topological polar surface area (TPSA) is 33.0 Å². The van der Waals surface area contributed by atoms with Crippen molar-refractivity contribution in [2.24, 2.45) is 0 Å². The summed E-state index contributed by atoms with van der Waals surface area (Å²) in [4.78, 5) is 0. The first kappa shape index (κ1) is 10.8. The van der Waals surface area contributed by atoms with E-state index < -0.39 is 0 Å². The summed E-state index contributed by atoms with van der Waals surface area (Å²) < 4.78 is 5.24. The molecule has 0 radical (unpaired) electrons. The first-order valence-electron chi connectivity index (χ1n) is 5.61. The second kappa shape index (κ2) is 4.85. The van der Waals surface area contributed by atoms with Gasteiger partial charge in [0.25, 0.3) is 0 Å². The fraction of sp³-hybridized carbons (Fsp3) is 0.357. The third kappa shape index (κ3) is 2.09. The minimum Gasteiger partial charge on any atom is -0.497 e. The van der Waals surface area contributed by atoms with E-state index in [1.807, 2.05) is 12.1 Å². The molecule has 2 nitrogen and oxygen atoms in total. The first-order chi connectivity index (χ1) is 7.85. The van der Waals surface area contributed by atoms with Crippen LogP contribution in [0.3, 0.4) is 0 Å². The maximum atomic E-state index is 8.80. The Labute approximate surface area is 96.2 Å². The van der Waals surface area contributed by atoms with E-state index >= 15 is 0 Å². The van der Waals surface area contributed by atoms with Gasteiger partial charge in [-0.15, -0.1) is 0 Å². The molecule has 2 heteroatoms. The first-order valence-corrected chi connectivity index (χ1v) is 5.61. The van der Waals surface area contributed by atoms with Gasteiger partial charge in [-0.2, -0.15) is 5.26 Å². The number of benzene rings is 1. The molecule has 1 aliphatic carbocycles. The van der Waals surface area contributed by atoms with Crippen molar-refractivity contribution in [2.45, 2.75) is 25.7 Å². The largest absolute Gasteiger partial charge is 0.497 e. The predicted octanol–water partition coefficient (Wildman–Crippen LogP) is 3.33. The number of nitriles is 1. The van der Waals surface area contributed by atoms with Crippen LogP contribution in [-0.4, -0.2) is 7.11 Å². The predicted molar refractivity (Wildman–Crippen MR) is 64.1 cm³/mol. The van der Waals surface area contributed by atoms with E-state index in [2.05, 4.69) is 12.1 Å². The molecule has 0 saturated heterocycles. The molecule has 82 valence electrons. The molecule has 1 aromatic rings. The van der Waals surface area contributed by atoms with Crippen LogP contribution in [0, 0.1) is 11.3 Å². The Balaban J connectivity index is 2.50. The van der Waals surface area contributed by atoms with Crippen LogP contribution in [0.2, 0.25) is 0 Å². The molecule has 0 heterocycles. The van der Waals surface area contributed by atoms with Gasteiger partial charge < -0.3 is 4.74 Å². The third-order valence-corrected chi connectivity index (χ3v) is 3.04. The van der Waals surface area contributed by atoms with Gasteiger partial charge in [0.2, 0.25) is 0 Å². The number of hydrogen-bond donors (Lipinski definition) is 0. The quantitative estimate of drug-likeness (QED) is 0.529. The molecule has 0 aromatic heterocycles. The van der Waals surface area contributed by atoms with E-state index in [9.17, 15) is 0 Å². The Morgan fingerprint density at radius 1 is 1.31 bits per heavy atom. The van der Waals surface area contributed by atoms with Crippen LogP contribution in [0.4, 0.5) is 0 Å². The van der Waals surface area contributed by atoms with Crippen molar-refractivity contribution in [3.05, 3.63) is 35.4 Å². The van der Waals surface area contributed by atoms with Gasteiger partial charge in [0.05, 0.1) is 13.2 Å². The van der Waals surface area contributed by atoms with E-state index in [-0.39, 0.29) is 0 Å². The molecule has 0 N–H and O–H groups in total. The Kier molecular flexibility index (Phi) is 3.26. The summed E-state index contributed by atoms with van der Waals surface area (Å²) in [5, 5.41) is 8.80. The molecule has 0 spiro atoms. The summed E-state index contributed by atoms with van der Waals surface area (Å²) in [7, 11) is 1.67. The van der Waals surface area contributed by atoms with Gasteiger partial charge in [-0.25, -0.2) is 0 Å². The van der Waals surface area contributed by atoms with E-state index in [4.69, 9.17) is 10.00 Å². The number of allylic oxidation sites excluding steroid dienone is 2. The van der Waals surface area contributed by atoms with Gasteiger partial charge in [-0.3, -0.25) is 0 Å². The number of ether oxygens (including phenoxy) is 1. The van der Waals surface area contributed by atoms with Crippen molar-refractivity contribution in [2.75, 3.05) is 7.11 Å². The van der Waals surface area contributed by atoms with E-state index in [1.54, 1.807) is 13.2 Å². The number of methoxy groups -OCH3 is 1. The van der Waals surface area contributed by atoms with Crippen molar-refractivity contribution < 1.29 is 4.74 Å². The van der Waals surface area contributed by atoms with Gasteiger partial charge in [-0.1, -0.05) is 6.07 Å². The highest BCUT2D eigenvalue weighted by Gasteiger charge is 2.13. The highest BCUT2D eigenvalue weighted by molar-refractivity contribution is 5.71. The third-order valence-electron chi connectivity index (χ3n) is 3.04. The Morgan fingerprint density at radius 2 is 2.12 bits per heavy atom. The fourth-order valence-electron chi connectivity index (χ4n) is 2.19. The van der Waals surface area contributed by atoms with Gasteiger partial charge >= 0.3 is 0 Å². The second-order valence-corrected chi connectivity index (χ2v) is 4.03. The van der Waals surface area contributed by atoms with Gasteiger partial charge in [0.1, 0.15) is 5.75 Å². The Hall–Kier alpha value is -1.75. The molecule has 0 aliphatic heterocycles. The molecule has 0 bridgehead atoms. The minimum absolute atomic E-state index is 0.865. The lowest BCUT2D eigenvalue weighted by molar-refractivity contribution is 0.414. The van der Waals surface area contributed by atoms with Gasteiger partial charge in [0.15, 0.2) is 0 Å². The highest BCUT2D eigenvalue weighted by atomic mass is 16.5. The number of rotatable bonds is 1. The summed E-state index contributed by atoms with van der Waals surface area (Å²) >= 11 is 0. The van der Waals surface area contributed by atoms with Gasteiger partial charge in [0, 0.05) is 6.08 Å². The van der Waals surface area contributed by atoms with Crippen LogP contribution in [0.5, 0.6) is 5.75 Å². The number of aryl methyl sites for hydroxylation is 1. The SMILES string of the molecule is COc1ccc2c(c1)C(=CC#N)CCCC2. The molecule has 0 unspecified atom stereocenters. The summed E-state index contributed by atoms with van der Waals surface area (Å²) in [6, 6.07) is 8.30. The highest BCUT2D eigenvalue weighted by Crippen LogP contribution is 2.32. The van der Waals surface area contributed by atoms with Crippen molar-refractivity contribution in [3.8, 4) is 11.8 Å².